The van der Waals surface area contributed by atoms with E-state index in [1.165, 1.54) is 0 Å². The molecule has 1 N–H and O–H groups in total. The van der Waals surface area contributed by atoms with Crippen LogP contribution in [0.2, 0.25) is 0 Å². The lowest BCUT2D eigenvalue weighted by Gasteiger charge is -2.05. The molecule has 0 aliphatic carbocycles. The van der Waals surface area contributed by atoms with Gasteiger partial charge in [-0.1, -0.05) is 45.4 Å². The maximum Gasteiger partial charge on any atom is 0.155 e. The van der Waals surface area contributed by atoms with Gasteiger partial charge >= 0.3 is 0 Å². The predicted molar refractivity (Wildman–Crippen MR) is 92.0 cm³/mol. The van der Waals surface area contributed by atoms with Crippen molar-refractivity contribution in [1.82, 2.24) is 4.98 Å². The van der Waals surface area contributed by atoms with E-state index in [0.717, 1.165) is 20.6 Å². The molecule has 112 valence electrons. The van der Waals surface area contributed by atoms with Crippen LogP contribution in [0.25, 0.3) is 33.2 Å². The number of nitrogens with zero attached hydrogens (tertiary/aromatic N) is 2. The molecule has 4 aromatic rings. The van der Waals surface area contributed by atoms with Gasteiger partial charge in [-0.3, -0.25) is 4.98 Å². The molecule has 0 unspecified atom stereocenters. The SMILES string of the molecule is O/N=c1/cc(-c2cc3ccccc3cn2)oc2ccc(Br)cc12. The molecule has 0 amide bonds. The lowest BCUT2D eigenvalue weighted by molar-refractivity contribution is 0.302. The van der Waals surface area contributed by atoms with Gasteiger partial charge in [0, 0.05) is 27.5 Å². The van der Waals surface area contributed by atoms with Gasteiger partial charge in [-0.25, -0.2) is 0 Å². The van der Waals surface area contributed by atoms with Gasteiger partial charge in [0.05, 0.1) is 0 Å². The topological polar surface area (TPSA) is 58.6 Å². The first-order valence-electron chi connectivity index (χ1n) is 7.01. The molecule has 0 radical (unpaired) electrons. The number of halogens is 1. The molecular weight excluding hydrogens is 356 g/mol. The summed E-state index contributed by atoms with van der Waals surface area (Å²) in [6, 6.07) is 17.2. The molecular formula is C18H11BrN2O2. The predicted octanol–water partition coefficient (Wildman–Crippen LogP) is 4.70. The van der Waals surface area contributed by atoms with Crippen LogP contribution >= 0.6 is 15.9 Å². The lowest BCUT2D eigenvalue weighted by atomic mass is 10.1. The van der Waals surface area contributed by atoms with E-state index >= 15 is 0 Å². The summed E-state index contributed by atoms with van der Waals surface area (Å²) in [5.74, 6) is 0.554. The van der Waals surface area contributed by atoms with E-state index in [-0.39, 0.29) is 0 Å². The Labute approximate surface area is 139 Å². The van der Waals surface area contributed by atoms with Gasteiger partial charge < -0.3 is 9.62 Å². The van der Waals surface area contributed by atoms with E-state index in [1.807, 2.05) is 54.7 Å². The highest BCUT2D eigenvalue weighted by Gasteiger charge is 2.08. The van der Waals surface area contributed by atoms with E-state index in [2.05, 4.69) is 26.1 Å². The van der Waals surface area contributed by atoms with Crippen LogP contribution in [0.15, 0.2) is 74.8 Å². The first-order chi connectivity index (χ1) is 11.2. The number of hydrogen-bond donors (Lipinski definition) is 1. The Kier molecular flexibility index (Phi) is 3.35. The second-order valence-corrected chi connectivity index (χ2v) is 6.07. The molecule has 4 nitrogen and oxygen atoms in total. The fourth-order valence-electron chi connectivity index (χ4n) is 2.57. The van der Waals surface area contributed by atoms with Gasteiger partial charge in [-0.2, -0.15) is 0 Å². The first-order valence-corrected chi connectivity index (χ1v) is 7.80. The van der Waals surface area contributed by atoms with Gasteiger partial charge in [-0.05, 0) is 29.7 Å². The van der Waals surface area contributed by atoms with E-state index in [0.29, 0.717) is 22.4 Å². The zero-order valence-corrected chi connectivity index (χ0v) is 13.5. The van der Waals surface area contributed by atoms with E-state index in [9.17, 15) is 5.21 Å². The van der Waals surface area contributed by atoms with Crippen molar-refractivity contribution >= 4 is 37.7 Å². The summed E-state index contributed by atoms with van der Waals surface area (Å²) < 4.78 is 6.83. The number of fused-ring (bicyclic) bond motifs is 2. The average molecular weight is 367 g/mol. The highest BCUT2D eigenvalue weighted by atomic mass is 79.9. The zero-order valence-electron chi connectivity index (χ0n) is 11.9. The van der Waals surface area contributed by atoms with Gasteiger partial charge in [0.2, 0.25) is 0 Å². The van der Waals surface area contributed by atoms with Crippen LogP contribution in [0.1, 0.15) is 0 Å². The average Bonchev–Trinajstić information content (AvgIpc) is 2.60. The Morgan fingerprint density at radius 3 is 2.65 bits per heavy atom. The Bertz CT molecular complexity index is 1100. The number of benzene rings is 2. The van der Waals surface area contributed by atoms with Crippen LogP contribution in [0.3, 0.4) is 0 Å². The molecule has 0 aliphatic heterocycles. The summed E-state index contributed by atoms with van der Waals surface area (Å²) >= 11 is 3.41. The van der Waals surface area contributed by atoms with Crippen molar-refractivity contribution in [2.75, 3.05) is 0 Å². The molecule has 4 rings (SSSR count). The minimum atomic E-state index is 0.442. The van der Waals surface area contributed by atoms with E-state index in [1.54, 1.807) is 6.07 Å². The summed E-state index contributed by atoms with van der Waals surface area (Å²) in [7, 11) is 0. The maximum atomic E-state index is 9.32. The molecule has 5 heteroatoms. The third-order valence-electron chi connectivity index (χ3n) is 3.70. The summed E-state index contributed by atoms with van der Waals surface area (Å²) in [5.41, 5.74) is 1.33. The van der Waals surface area contributed by atoms with Crippen LogP contribution in [0, 0.1) is 0 Å². The summed E-state index contributed by atoms with van der Waals surface area (Å²) in [6.07, 6.45) is 1.81. The minimum Gasteiger partial charge on any atom is -0.454 e. The second-order valence-electron chi connectivity index (χ2n) is 5.15. The van der Waals surface area contributed by atoms with Crippen LogP contribution in [-0.4, -0.2) is 10.2 Å². The van der Waals surface area contributed by atoms with Crippen molar-refractivity contribution < 1.29 is 9.62 Å². The monoisotopic (exact) mass is 366 g/mol. The van der Waals surface area contributed by atoms with Gasteiger partial charge in [-0.15, -0.1) is 0 Å². The van der Waals surface area contributed by atoms with Crippen molar-refractivity contribution in [3.63, 3.8) is 0 Å². The highest BCUT2D eigenvalue weighted by Crippen LogP contribution is 2.25. The molecule has 0 saturated heterocycles. The molecule has 0 aliphatic rings. The number of aromatic nitrogens is 1. The van der Waals surface area contributed by atoms with E-state index < -0.39 is 0 Å². The maximum absolute atomic E-state index is 9.32. The molecule has 0 bridgehead atoms. The van der Waals surface area contributed by atoms with Crippen molar-refractivity contribution in [3.05, 3.63) is 70.6 Å². The van der Waals surface area contributed by atoms with Crippen LogP contribution in [0.5, 0.6) is 0 Å². The summed E-state index contributed by atoms with van der Waals surface area (Å²) in [4.78, 5) is 4.45. The molecule has 0 atom stereocenters. The Morgan fingerprint density at radius 2 is 1.83 bits per heavy atom. The largest absolute Gasteiger partial charge is 0.454 e. The Morgan fingerprint density at radius 1 is 1.00 bits per heavy atom. The highest BCUT2D eigenvalue weighted by molar-refractivity contribution is 9.10. The molecule has 23 heavy (non-hydrogen) atoms. The number of hydrogen-bond acceptors (Lipinski definition) is 4. The van der Waals surface area contributed by atoms with Crippen LogP contribution in [0.4, 0.5) is 0 Å². The Hall–Kier alpha value is -2.66. The smallest absolute Gasteiger partial charge is 0.155 e. The fourth-order valence-corrected chi connectivity index (χ4v) is 2.93. The van der Waals surface area contributed by atoms with Crippen molar-refractivity contribution in [2.45, 2.75) is 0 Å². The van der Waals surface area contributed by atoms with Crippen LogP contribution < -0.4 is 5.36 Å². The molecule has 0 spiro atoms. The molecule has 0 saturated carbocycles. The summed E-state index contributed by atoms with van der Waals surface area (Å²) in [6.45, 7) is 0. The van der Waals surface area contributed by atoms with Gasteiger partial charge in [0.1, 0.15) is 16.6 Å². The zero-order chi connectivity index (χ0) is 15.8. The van der Waals surface area contributed by atoms with Crippen molar-refractivity contribution in [1.29, 1.82) is 0 Å². The van der Waals surface area contributed by atoms with Gasteiger partial charge in [0.15, 0.2) is 5.76 Å². The lowest BCUT2D eigenvalue weighted by Crippen LogP contribution is -2.03. The Balaban J connectivity index is 1.99. The molecule has 2 aromatic carbocycles. The van der Waals surface area contributed by atoms with Crippen molar-refractivity contribution in [3.8, 4) is 11.5 Å². The van der Waals surface area contributed by atoms with Crippen LogP contribution in [-0.2, 0) is 0 Å². The minimum absolute atomic E-state index is 0.442. The molecule has 2 heterocycles. The van der Waals surface area contributed by atoms with Gasteiger partial charge in [0.25, 0.3) is 0 Å². The van der Waals surface area contributed by atoms with Crippen molar-refractivity contribution in [2.24, 2.45) is 5.16 Å². The molecule has 0 fully saturated rings. The number of pyridine rings is 1. The normalized spacial score (nSPS) is 12.1. The third kappa shape index (κ3) is 2.49. The van der Waals surface area contributed by atoms with E-state index in [4.69, 9.17) is 4.42 Å². The fraction of sp³-hybridized carbons (Fsp3) is 0. The second kappa shape index (κ2) is 5.52. The third-order valence-corrected chi connectivity index (χ3v) is 4.19. The first kappa shape index (κ1) is 14.0. The standard InChI is InChI=1S/C18H11BrN2O2/c19-13-5-6-17-14(8-13)15(21-22)9-18(23-17)16-7-11-3-1-2-4-12(11)10-20-16/h1-10,22H/b21-15-. The quantitative estimate of drug-likeness (QED) is 0.392. The molecule has 2 aromatic heterocycles. The summed E-state index contributed by atoms with van der Waals surface area (Å²) in [5, 5.41) is 16.0. The number of rotatable bonds is 1.